The van der Waals surface area contributed by atoms with Crippen LogP contribution in [0.1, 0.15) is 19.4 Å². The Hall–Kier alpha value is -1.58. The van der Waals surface area contributed by atoms with Crippen LogP contribution in [-0.2, 0) is 9.59 Å². The highest BCUT2D eigenvalue weighted by atomic mass is 79.9. The maximum atomic E-state index is 12.6. The lowest BCUT2D eigenvalue weighted by Crippen LogP contribution is -2.31. The number of hydrogen-bond donors (Lipinski definition) is 1. The molecule has 1 fully saturated rings. The monoisotopic (exact) mass is 459 g/mol. The summed E-state index contributed by atoms with van der Waals surface area (Å²) >= 11 is 9.98. The van der Waals surface area contributed by atoms with Crippen LogP contribution in [0, 0.1) is 5.92 Å². The summed E-state index contributed by atoms with van der Waals surface area (Å²) in [5, 5.41) is 8.75. The SMILES string of the molecule is COc1cc(/C=C2\SC(=S)N(CC(C)C)C2=O)c(Br)cc1OCC(=O)O. The number of ether oxygens (including phenoxy) is 2. The molecule has 0 saturated carbocycles. The summed E-state index contributed by atoms with van der Waals surface area (Å²) in [4.78, 5) is 25.4. The molecule has 1 saturated heterocycles. The molecule has 140 valence electrons. The van der Waals surface area contributed by atoms with Gasteiger partial charge in [-0.1, -0.05) is 53.8 Å². The molecule has 0 radical (unpaired) electrons. The molecule has 1 aliphatic rings. The standard InChI is InChI=1S/C17H18BrNO5S2/c1-9(2)7-19-16(22)14(26-17(19)25)5-10-4-12(23-3)13(6-11(10)18)24-8-15(20)21/h4-6,9H,7-8H2,1-3H3,(H,20,21)/b14-5-. The Morgan fingerprint density at radius 3 is 2.69 bits per heavy atom. The zero-order chi connectivity index (χ0) is 19.4. The fraction of sp³-hybridized carbons (Fsp3) is 0.353. The molecule has 1 amide bonds. The topological polar surface area (TPSA) is 76.1 Å². The van der Waals surface area contributed by atoms with Crippen molar-refractivity contribution >= 4 is 62.2 Å². The lowest BCUT2D eigenvalue weighted by molar-refractivity contribution is -0.139. The van der Waals surface area contributed by atoms with Crippen LogP contribution in [0.2, 0.25) is 0 Å². The number of halogens is 1. The minimum Gasteiger partial charge on any atom is -0.493 e. The molecule has 1 aromatic carbocycles. The van der Waals surface area contributed by atoms with E-state index in [-0.39, 0.29) is 5.91 Å². The van der Waals surface area contributed by atoms with E-state index in [1.165, 1.54) is 18.9 Å². The van der Waals surface area contributed by atoms with E-state index in [9.17, 15) is 9.59 Å². The van der Waals surface area contributed by atoms with Gasteiger partial charge in [0.05, 0.1) is 12.0 Å². The lowest BCUT2D eigenvalue weighted by atomic mass is 10.1. The fourth-order valence-corrected chi connectivity index (χ4v) is 3.94. The van der Waals surface area contributed by atoms with E-state index in [4.69, 9.17) is 26.8 Å². The number of amides is 1. The second kappa shape index (κ2) is 8.88. The van der Waals surface area contributed by atoms with Crippen LogP contribution in [0.5, 0.6) is 11.5 Å². The van der Waals surface area contributed by atoms with Crippen molar-refractivity contribution in [2.45, 2.75) is 13.8 Å². The molecule has 0 unspecified atom stereocenters. The van der Waals surface area contributed by atoms with Crippen LogP contribution < -0.4 is 9.47 Å². The molecular weight excluding hydrogens is 442 g/mol. The van der Waals surface area contributed by atoms with Crippen LogP contribution in [0.25, 0.3) is 6.08 Å². The normalized spacial score (nSPS) is 15.9. The van der Waals surface area contributed by atoms with Gasteiger partial charge in [-0.3, -0.25) is 9.69 Å². The average Bonchev–Trinajstić information content (AvgIpc) is 2.81. The summed E-state index contributed by atoms with van der Waals surface area (Å²) in [5.41, 5.74) is 0.703. The van der Waals surface area contributed by atoms with Crippen LogP contribution in [-0.4, -0.2) is 46.5 Å². The summed E-state index contributed by atoms with van der Waals surface area (Å²) in [6.45, 7) is 4.16. The predicted molar refractivity (Wildman–Crippen MR) is 109 cm³/mol. The molecule has 0 spiro atoms. The minimum atomic E-state index is -1.08. The molecule has 1 aliphatic heterocycles. The van der Waals surface area contributed by atoms with Crippen molar-refractivity contribution in [1.29, 1.82) is 0 Å². The maximum Gasteiger partial charge on any atom is 0.341 e. The van der Waals surface area contributed by atoms with E-state index in [0.717, 1.165) is 0 Å². The second-order valence-corrected chi connectivity index (χ2v) is 8.42. The Labute approximate surface area is 169 Å². The highest BCUT2D eigenvalue weighted by Gasteiger charge is 2.32. The van der Waals surface area contributed by atoms with Gasteiger partial charge in [0, 0.05) is 11.0 Å². The highest BCUT2D eigenvalue weighted by Crippen LogP contribution is 2.38. The largest absolute Gasteiger partial charge is 0.493 e. The number of carboxylic acids is 1. The molecule has 1 heterocycles. The first-order valence-corrected chi connectivity index (χ1v) is 9.72. The van der Waals surface area contributed by atoms with Crippen LogP contribution in [0.15, 0.2) is 21.5 Å². The molecule has 0 aliphatic carbocycles. The molecule has 6 nitrogen and oxygen atoms in total. The van der Waals surface area contributed by atoms with Gasteiger partial charge in [-0.05, 0) is 29.7 Å². The van der Waals surface area contributed by atoms with Crippen molar-refractivity contribution in [3.63, 3.8) is 0 Å². The van der Waals surface area contributed by atoms with Crippen molar-refractivity contribution in [3.05, 3.63) is 27.1 Å². The number of thiocarbonyl (C=S) groups is 1. The molecule has 0 atom stereocenters. The summed E-state index contributed by atoms with van der Waals surface area (Å²) in [7, 11) is 1.46. The van der Waals surface area contributed by atoms with Gasteiger partial charge in [0.2, 0.25) is 0 Å². The fourth-order valence-electron chi connectivity index (χ4n) is 2.24. The van der Waals surface area contributed by atoms with Crippen molar-refractivity contribution in [2.24, 2.45) is 5.92 Å². The Balaban J connectivity index is 2.31. The van der Waals surface area contributed by atoms with Gasteiger partial charge >= 0.3 is 5.97 Å². The Morgan fingerprint density at radius 1 is 1.42 bits per heavy atom. The Kier molecular flexibility index (Phi) is 7.08. The van der Waals surface area contributed by atoms with E-state index in [1.807, 2.05) is 13.8 Å². The van der Waals surface area contributed by atoms with Gasteiger partial charge in [0.15, 0.2) is 18.1 Å². The van der Waals surface area contributed by atoms with Crippen molar-refractivity contribution in [2.75, 3.05) is 20.3 Å². The average molecular weight is 460 g/mol. The molecule has 1 N–H and O–H groups in total. The smallest absolute Gasteiger partial charge is 0.341 e. The molecule has 0 bridgehead atoms. The number of hydrogen-bond acceptors (Lipinski definition) is 6. The third-order valence-corrected chi connectivity index (χ3v) is 5.41. The summed E-state index contributed by atoms with van der Waals surface area (Å²) in [6, 6.07) is 3.29. The van der Waals surface area contributed by atoms with Crippen molar-refractivity contribution in [1.82, 2.24) is 4.90 Å². The third-order valence-electron chi connectivity index (χ3n) is 3.34. The van der Waals surface area contributed by atoms with Gasteiger partial charge < -0.3 is 14.6 Å². The minimum absolute atomic E-state index is 0.120. The van der Waals surface area contributed by atoms with E-state index in [0.29, 0.717) is 43.2 Å². The third kappa shape index (κ3) is 4.99. The van der Waals surface area contributed by atoms with Crippen molar-refractivity contribution in [3.8, 4) is 11.5 Å². The summed E-state index contributed by atoms with van der Waals surface area (Å²) < 4.78 is 11.7. The first-order valence-electron chi connectivity index (χ1n) is 7.70. The summed E-state index contributed by atoms with van der Waals surface area (Å²) in [6.07, 6.45) is 1.73. The number of benzene rings is 1. The predicted octanol–water partition coefficient (Wildman–Crippen LogP) is 3.78. The van der Waals surface area contributed by atoms with E-state index >= 15 is 0 Å². The van der Waals surface area contributed by atoms with Crippen molar-refractivity contribution < 1.29 is 24.2 Å². The van der Waals surface area contributed by atoms with Crippen LogP contribution in [0.3, 0.4) is 0 Å². The van der Waals surface area contributed by atoms with Gasteiger partial charge in [-0.2, -0.15) is 0 Å². The van der Waals surface area contributed by atoms with Crippen LogP contribution in [0.4, 0.5) is 0 Å². The number of carbonyl (C=O) groups excluding carboxylic acids is 1. The number of carboxylic acid groups (broad SMARTS) is 1. The van der Waals surface area contributed by atoms with Gasteiger partial charge in [0.1, 0.15) is 4.32 Å². The molecule has 2 rings (SSSR count). The van der Waals surface area contributed by atoms with Crippen LogP contribution >= 0.6 is 39.9 Å². The first kappa shape index (κ1) is 20.7. The Morgan fingerprint density at radius 2 is 2.12 bits per heavy atom. The molecule has 26 heavy (non-hydrogen) atoms. The molecule has 0 aromatic heterocycles. The Bertz CT molecular complexity index is 779. The van der Waals surface area contributed by atoms with E-state index < -0.39 is 12.6 Å². The number of carbonyl (C=O) groups is 2. The maximum absolute atomic E-state index is 12.6. The molecule has 9 heteroatoms. The first-order chi connectivity index (χ1) is 12.2. The summed E-state index contributed by atoms with van der Waals surface area (Å²) in [5.74, 6) is -0.217. The number of nitrogens with zero attached hydrogens (tertiary/aromatic N) is 1. The van der Waals surface area contributed by atoms with E-state index in [2.05, 4.69) is 15.9 Å². The van der Waals surface area contributed by atoms with Gasteiger partial charge in [-0.15, -0.1) is 0 Å². The zero-order valence-corrected chi connectivity index (χ0v) is 17.7. The number of rotatable bonds is 7. The van der Waals surface area contributed by atoms with E-state index in [1.54, 1.807) is 23.1 Å². The number of thioether (sulfide) groups is 1. The number of aliphatic carboxylic acids is 1. The molecular formula is C17H18BrNO5S2. The highest BCUT2D eigenvalue weighted by molar-refractivity contribution is 9.10. The van der Waals surface area contributed by atoms with Gasteiger partial charge in [-0.25, -0.2) is 4.79 Å². The lowest BCUT2D eigenvalue weighted by Gasteiger charge is -2.16. The second-order valence-electron chi connectivity index (χ2n) is 5.89. The quantitative estimate of drug-likeness (QED) is 0.490. The number of methoxy groups -OCH3 is 1. The molecule has 1 aromatic rings. The van der Waals surface area contributed by atoms with Gasteiger partial charge in [0.25, 0.3) is 5.91 Å². The zero-order valence-electron chi connectivity index (χ0n) is 14.4.